The largest absolute Gasteiger partial charge is 0.468 e. The highest BCUT2D eigenvalue weighted by Gasteiger charge is 2.21. The highest BCUT2D eigenvalue weighted by Crippen LogP contribution is 2.14. The lowest BCUT2D eigenvalue weighted by Crippen LogP contribution is -2.40. The van der Waals surface area contributed by atoms with Crippen LogP contribution < -0.4 is 5.73 Å². The zero-order chi connectivity index (χ0) is 15.8. The summed E-state index contributed by atoms with van der Waals surface area (Å²) in [6.07, 6.45) is 2.08. The molecule has 0 saturated carbocycles. The first-order chi connectivity index (χ1) is 9.99. The lowest BCUT2D eigenvalue weighted by atomic mass is 10.0. The van der Waals surface area contributed by atoms with Crippen LogP contribution in [0.4, 0.5) is 5.13 Å². The van der Waals surface area contributed by atoms with Crippen molar-refractivity contribution in [2.45, 2.75) is 33.1 Å². The summed E-state index contributed by atoms with van der Waals surface area (Å²) >= 11 is 1.30. The van der Waals surface area contributed by atoms with E-state index in [1.165, 1.54) is 18.4 Å². The lowest BCUT2D eigenvalue weighted by molar-refractivity contribution is -0.147. The van der Waals surface area contributed by atoms with Gasteiger partial charge in [-0.05, 0) is 5.92 Å². The Hall–Kier alpha value is -1.63. The number of methoxy groups -OCH3 is 1. The number of amides is 1. The molecular weight excluding hydrogens is 290 g/mol. The van der Waals surface area contributed by atoms with Gasteiger partial charge in [-0.3, -0.25) is 9.59 Å². The van der Waals surface area contributed by atoms with Crippen LogP contribution in [0.1, 0.15) is 32.4 Å². The van der Waals surface area contributed by atoms with Gasteiger partial charge in [0.15, 0.2) is 5.13 Å². The van der Waals surface area contributed by atoms with Crippen molar-refractivity contribution in [2.24, 2.45) is 5.92 Å². The van der Waals surface area contributed by atoms with Crippen molar-refractivity contribution in [1.82, 2.24) is 9.88 Å². The van der Waals surface area contributed by atoms with Crippen molar-refractivity contribution in [3.63, 3.8) is 0 Å². The fraction of sp³-hybridized carbons (Fsp3) is 0.643. The first kappa shape index (κ1) is 17.4. The van der Waals surface area contributed by atoms with Crippen LogP contribution in [0.3, 0.4) is 0 Å². The fourth-order valence-electron chi connectivity index (χ4n) is 2.00. The van der Waals surface area contributed by atoms with Gasteiger partial charge in [-0.15, -0.1) is 11.3 Å². The molecular formula is C14H23N3O3S. The third-order valence-corrected chi connectivity index (χ3v) is 4.16. The molecule has 1 amide bonds. The summed E-state index contributed by atoms with van der Waals surface area (Å²) in [7, 11) is 1.32. The number of nitrogen functional groups attached to an aromatic ring is 1. The SMILES string of the molecule is CCC(CC)CN(CC(=O)OC)C(=O)Cc1csc(N)n1. The molecule has 7 heteroatoms. The molecule has 0 aliphatic heterocycles. The van der Waals surface area contributed by atoms with Crippen molar-refractivity contribution >= 4 is 28.3 Å². The Morgan fingerprint density at radius 3 is 2.57 bits per heavy atom. The van der Waals surface area contributed by atoms with Gasteiger partial charge in [-0.2, -0.15) is 0 Å². The van der Waals surface area contributed by atoms with Gasteiger partial charge in [0.05, 0.1) is 19.2 Å². The molecule has 0 saturated heterocycles. The number of thiazole rings is 1. The molecule has 0 fully saturated rings. The number of hydrogen-bond donors (Lipinski definition) is 1. The number of carbonyl (C=O) groups is 2. The second-order valence-corrected chi connectivity index (χ2v) is 5.78. The van der Waals surface area contributed by atoms with Crippen molar-refractivity contribution in [2.75, 3.05) is 25.9 Å². The monoisotopic (exact) mass is 313 g/mol. The van der Waals surface area contributed by atoms with Gasteiger partial charge in [0.2, 0.25) is 5.91 Å². The van der Waals surface area contributed by atoms with Crippen molar-refractivity contribution in [3.8, 4) is 0 Å². The third kappa shape index (κ3) is 5.71. The molecule has 0 bridgehead atoms. The summed E-state index contributed by atoms with van der Waals surface area (Å²) in [5, 5.41) is 2.21. The molecule has 0 aliphatic rings. The van der Waals surface area contributed by atoms with Gasteiger partial charge in [-0.25, -0.2) is 4.98 Å². The van der Waals surface area contributed by atoms with Gasteiger partial charge in [-0.1, -0.05) is 26.7 Å². The number of nitrogens with two attached hydrogens (primary N) is 1. The first-order valence-electron chi connectivity index (χ1n) is 7.04. The molecule has 1 rings (SSSR count). The second kappa shape index (κ2) is 8.61. The topological polar surface area (TPSA) is 85.5 Å². The molecule has 0 unspecified atom stereocenters. The van der Waals surface area contributed by atoms with E-state index in [1.807, 2.05) is 0 Å². The summed E-state index contributed by atoms with van der Waals surface area (Å²) in [6.45, 7) is 4.69. The number of carbonyl (C=O) groups excluding carboxylic acids is 2. The van der Waals surface area contributed by atoms with Crippen molar-refractivity contribution in [1.29, 1.82) is 0 Å². The van der Waals surface area contributed by atoms with E-state index >= 15 is 0 Å². The number of nitrogens with zero attached hydrogens (tertiary/aromatic N) is 2. The third-order valence-electron chi connectivity index (χ3n) is 3.44. The number of aromatic nitrogens is 1. The maximum absolute atomic E-state index is 12.4. The van der Waals surface area contributed by atoms with Crippen LogP contribution in [0.5, 0.6) is 0 Å². The minimum atomic E-state index is -0.410. The molecule has 1 aromatic heterocycles. The van der Waals surface area contributed by atoms with E-state index in [-0.39, 0.29) is 18.9 Å². The Morgan fingerprint density at radius 1 is 1.43 bits per heavy atom. The smallest absolute Gasteiger partial charge is 0.325 e. The standard InChI is InChI=1S/C14H23N3O3S/c1-4-10(5-2)7-17(8-13(19)20-3)12(18)6-11-9-21-14(15)16-11/h9-10H,4-8H2,1-3H3,(H2,15,16). The van der Waals surface area contributed by atoms with E-state index in [0.29, 0.717) is 23.3 Å². The Morgan fingerprint density at radius 2 is 2.10 bits per heavy atom. The fourth-order valence-corrected chi connectivity index (χ4v) is 2.57. The molecule has 1 heterocycles. The van der Waals surface area contributed by atoms with Crippen LogP contribution in [-0.2, 0) is 20.7 Å². The molecule has 1 aromatic rings. The Balaban J connectivity index is 2.73. The molecule has 0 radical (unpaired) electrons. The highest BCUT2D eigenvalue weighted by molar-refractivity contribution is 7.13. The molecule has 2 N–H and O–H groups in total. The average Bonchev–Trinajstić information content (AvgIpc) is 2.88. The van der Waals surface area contributed by atoms with E-state index < -0.39 is 5.97 Å². The minimum Gasteiger partial charge on any atom is -0.468 e. The number of ether oxygens (including phenoxy) is 1. The summed E-state index contributed by atoms with van der Waals surface area (Å²) < 4.78 is 4.67. The van der Waals surface area contributed by atoms with Crippen LogP contribution in [0.25, 0.3) is 0 Å². The number of esters is 1. The normalized spacial score (nSPS) is 10.7. The molecule has 118 valence electrons. The van der Waals surface area contributed by atoms with Crippen molar-refractivity contribution < 1.29 is 14.3 Å². The molecule has 0 atom stereocenters. The van der Waals surface area contributed by atoms with Gasteiger partial charge in [0.25, 0.3) is 0 Å². The second-order valence-electron chi connectivity index (χ2n) is 4.89. The number of rotatable bonds is 8. The first-order valence-corrected chi connectivity index (χ1v) is 7.92. The quantitative estimate of drug-likeness (QED) is 0.738. The van der Waals surface area contributed by atoms with E-state index in [4.69, 9.17) is 5.73 Å². The van der Waals surface area contributed by atoms with Gasteiger partial charge >= 0.3 is 5.97 Å². The number of anilines is 1. The zero-order valence-corrected chi connectivity index (χ0v) is 13.6. The van der Waals surface area contributed by atoms with Crippen LogP contribution in [0.2, 0.25) is 0 Å². The Kier molecular flexibility index (Phi) is 7.14. The van der Waals surface area contributed by atoms with Gasteiger partial charge < -0.3 is 15.4 Å². The van der Waals surface area contributed by atoms with E-state index in [9.17, 15) is 9.59 Å². The molecule has 21 heavy (non-hydrogen) atoms. The summed E-state index contributed by atoms with van der Waals surface area (Å²) in [5.74, 6) is -0.163. The lowest BCUT2D eigenvalue weighted by Gasteiger charge is -2.25. The molecule has 0 spiro atoms. The van der Waals surface area contributed by atoms with Crippen LogP contribution >= 0.6 is 11.3 Å². The molecule has 6 nitrogen and oxygen atoms in total. The summed E-state index contributed by atoms with van der Waals surface area (Å²) in [6, 6.07) is 0. The Bertz CT molecular complexity index is 472. The maximum Gasteiger partial charge on any atom is 0.325 e. The summed E-state index contributed by atoms with van der Waals surface area (Å²) in [4.78, 5) is 29.5. The minimum absolute atomic E-state index is 0.0224. The van der Waals surface area contributed by atoms with E-state index in [1.54, 1.807) is 10.3 Å². The van der Waals surface area contributed by atoms with E-state index in [0.717, 1.165) is 12.8 Å². The van der Waals surface area contributed by atoms with E-state index in [2.05, 4.69) is 23.6 Å². The van der Waals surface area contributed by atoms with Gasteiger partial charge in [0.1, 0.15) is 6.54 Å². The zero-order valence-electron chi connectivity index (χ0n) is 12.8. The van der Waals surface area contributed by atoms with Gasteiger partial charge in [0, 0.05) is 11.9 Å². The molecule has 0 aromatic carbocycles. The maximum atomic E-state index is 12.4. The average molecular weight is 313 g/mol. The summed E-state index contributed by atoms with van der Waals surface area (Å²) in [5.41, 5.74) is 6.21. The van der Waals surface area contributed by atoms with Crippen LogP contribution in [-0.4, -0.2) is 42.0 Å². The predicted molar refractivity (Wildman–Crippen MR) is 82.9 cm³/mol. The predicted octanol–water partition coefficient (Wildman–Crippen LogP) is 1.71. The Labute approximate surface area is 129 Å². The van der Waals surface area contributed by atoms with Crippen molar-refractivity contribution in [3.05, 3.63) is 11.1 Å². The van der Waals surface area contributed by atoms with Crippen LogP contribution in [0, 0.1) is 5.92 Å². The highest BCUT2D eigenvalue weighted by atomic mass is 32.1. The number of hydrogen-bond acceptors (Lipinski definition) is 6. The molecule has 0 aliphatic carbocycles. The van der Waals surface area contributed by atoms with Crippen LogP contribution in [0.15, 0.2) is 5.38 Å².